The van der Waals surface area contributed by atoms with Crippen molar-refractivity contribution in [1.29, 1.82) is 0 Å². The summed E-state index contributed by atoms with van der Waals surface area (Å²) in [5.41, 5.74) is 15.6. The van der Waals surface area contributed by atoms with Gasteiger partial charge in [-0.05, 0) is 102 Å². The van der Waals surface area contributed by atoms with Crippen LogP contribution in [-0.2, 0) is 0 Å². The Morgan fingerprint density at radius 2 is 0.769 bits per heavy atom. The van der Waals surface area contributed by atoms with Crippen LogP contribution in [0.25, 0.3) is 99.0 Å². The van der Waals surface area contributed by atoms with Gasteiger partial charge in [-0.2, -0.15) is 0 Å². The maximum Gasteiger partial charge on any atom is 0.0788 e. The molecule has 0 aliphatic heterocycles. The molecule has 0 bridgehead atoms. The zero-order chi connectivity index (χ0) is 42.8. The number of hydrogen-bond acceptors (Lipinski definition) is 2. The Bertz CT molecular complexity index is 3910. The highest BCUT2D eigenvalue weighted by Gasteiger charge is 2.21. The number of nitrogens with zero attached hydrogens (tertiary/aromatic N) is 4. The van der Waals surface area contributed by atoms with Crippen LogP contribution in [0.5, 0.6) is 0 Å². The third-order valence-electron chi connectivity index (χ3n) is 13.1. The van der Waals surface area contributed by atoms with E-state index in [0.29, 0.717) is 0 Å². The Morgan fingerprint density at radius 3 is 1.45 bits per heavy atom. The Labute approximate surface area is 376 Å². The summed E-state index contributed by atoms with van der Waals surface area (Å²) in [5.74, 6) is 0. The van der Waals surface area contributed by atoms with Crippen LogP contribution in [-0.4, -0.2) is 14.1 Å². The molecule has 0 unspecified atom stereocenters. The summed E-state index contributed by atoms with van der Waals surface area (Å²) in [4.78, 5) is 7.80. The molecule has 0 saturated carbocycles. The second-order valence-electron chi connectivity index (χ2n) is 16.7. The van der Waals surface area contributed by atoms with E-state index < -0.39 is 0 Å². The molecule has 10 aromatic carbocycles. The zero-order valence-corrected chi connectivity index (χ0v) is 35.4. The van der Waals surface area contributed by atoms with E-state index in [2.05, 4.69) is 257 Å². The van der Waals surface area contributed by atoms with Crippen molar-refractivity contribution in [1.82, 2.24) is 14.1 Å². The van der Waals surface area contributed by atoms with Gasteiger partial charge in [0.2, 0.25) is 0 Å². The summed E-state index contributed by atoms with van der Waals surface area (Å²) in [6, 6.07) is 87.4. The monoisotopic (exact) mass is 828 g/mol. The zero-order valence-electron chi connectivity index (χ0n) is 35.4. The molecule has 304 valence electrons. The van der Waals surface area contributed by atoms with Crippen molar-refractivity contribution in [2.24, 2.45) is 0 Å². The maximum atomic E-state index is 5.42. The van der Waals surface area contributed by atoms with E-state index in [0.717, 1.165) is 56.0 Å². The molecular weight excluding hydrogens is 789 g/mol. The topological polar surface area (TPSA) is 26.0 Å². The van der Waals surface area contributed by atoms with Crippen LogP contribution in [0.1, 0.15) is 0 Å². The Kier molecular flexibility index (Phi) is 8.50. The van der Waals surface area contributed by atoms with E-state index in [1.165, 1.54) is 60.1 Å². The smallest absolute Gasteiger partial charge is 0.0788 e. The maximum absolute atomic E-state index is 5.42. The van der Waals surface area contributed by atoms with Gasteiger partial charge in [0.15, 0.2) is 0 Å². The summed E-state index contributed by atoms with van der Waals surface area (Å²) in [7, 11) is 0. The van der Waals surface area contributed by atoms with Gasteiger partial charge in [-0.1, -0.05) is 152 Å². The largest absolute Gasteiger partial charge is 0.310 e. The lowest BCUT2D eigenvalue weighted by Gasteiger charge is -2.26. The number of pyridine rings is 1. The fraction of sp³-hybridized carbons (Fsp3) is 0. The third kappa shape index (κ3) is 5.96. The normalized spacial score (nSPS) is 11.7. The fourth-order valence-electron chi connectivity index (χ4n) is 10.2. The number of rotatable bonds is 7. The first-order valence-corrected chi connectivity index (χ1v) is 22.2. The highest BCUT2D eigenvalue weighted by atomic mass is 15.1. The molecule has 3 heterocycles. The van der Waals surface area contributed by atoms with Crippen LogP contribution in [0.15, 0.2) is 243 Å². The molecule has 0 amide bonds. The van der Waals surface area contributed by atoms with Crippen LogP contribution in [0.4, 0.5) is 17.1 Å². The molecule has 0 aliphatic carbocycles. The Hall–Kier alpha value is -8.73. The minimum absolute atomic E-state index is 0.970. The first kappa shape index (κ1) is 36.9. The highest BCUT2D eigenvalue weighted by molar-refractivity contribution is 6.29. The SMILES string of the molecule is c1ccc(-c2ccc(N(c3ccc(-c4nc5ccccc5c5c4ccc4c5c5ccccc5n4-c4ccccc4)cc3)c3ccc4c(c3)c3ccccc3n4-c3ccccc3)cc2)cc1. The molecule has 13 aromatic rings. The van der Waals surface area contributed by atoms with E-state index in [-0.39, 0.29) is 0 Å². The number of para-hydroxylation sites is 5. The number of benzene rings is 10. The Balaban J connectivity index is 0.992. The molecule has 0 radical (unpaired) electrons. The van der Waals surface area contributed by atoms with Crippen molar-refractivity contribution in [3.05, 3.63) is 243 Å². The summed E-state index contributed by atoms with van der Waals surface area (Å²) < 4.78 is 4.77. The van der Waals surface area contributed by atoms with Gasteiger partial charge in [-0.15, -0.1) is 0 Å². The van der Waals surface area contributed by atoms with Crippen molar-refractivity contribution in [2.45, 2.75) is 0 Å². The van der Waals surface area contributed by atoms with Crippen molar-refractivity contribution in [3.8, 4) is 33.8 Å². The van der Waals surface area contributed by atoms with E-state index >= 15 is 0 Å². The van der Waals surface area contributed by atoms with Crippen molar-refractivity contribution in [2.75, 3.05) is 4.90 Å². The van der Waals surface area contributed by atoms with Gasteiger partial charge in [0.1, 0.15) is 0 Å². The lowest BCUT2D eigenvalue weighted by atomic mass is 9.96. The first-order valence-electron chi connectivity index (χ1n) is 22.2. The number of anilines is 3. The van der Waals surface area contributed by atoms with Gasteiger partial charge < -0.3 is 14.0 Å². The second kappa shape index (κ2) is 15.0. The van der Waals surface area contributed by atoms with Gasteiger partial charge in [0, 0.05) is 71.7 Å². The molecule has 0 N–H and O–H groups in total. The number of aromatic nitrogens is 3. The van der Waals surface area contributed by atoms with E-state index in [1.54, 1.807) is 0 Å². The molecular formula is C61H40N4. The summed E-state index contributed by atoms with van der Waals surface area (Å²) >= 11 is 0. The molecule has 0 spiro atoms. The predicted molar refractivity (Wildman–Crippen MR) is 273 cm³/mol. The van der Waals surface area contributed by atoms with Gasteiger partial charge in [0.25, 0.3) is 0 Å². The molecule has 0 aliphatic rings. The van der Waals surface area contributed by atoms with Crippen LogP contribution in [0, 0.1) is 0 Å². The second-order valence-corrected chi connectivity index (χ2v) is 16.7. The van der Waals surface area contributed by atoms with Gasteiger partial charge >= 0.3 is 0 Å². The van der Waals surface area contributed by atoms with Gasteiger partial charge in [0.05, 0.1) is 33.3 Å². The van der Waals surface area contributed by atoms with Crippen LogP contribution in [0.2, 0.25) is 0 Å². The summed E-state index contributed by atoms with van der Waals surface area (Å²) in [6.45, 7) is 0. The molecule has 65 heavy (non-hydrogen) atoms. The molecule has 0 fully saturated rings. The molecule has 4 heteroatoms. The number of fused-ring (bicyclic) bond motifs is 10. The van der Waals surface area contributed by atoms with Crippen molar-refractivity contribution in [3.63, 3.8) is 0 Å². The quantitative estimate of drug-likeness (QED) is 0.150. The van der Waals surface area contributed by atoms with Crippen LogP contribution >= 0.6 is 0 Å². The van der Waals surface area contributed by atoms with Crippen LogP contribution < -0.4 is 4.90 Å². The molecule has 4 nitrogen and oxygen atoms in total. The third-order valence-corrected chi connectivity index (χ3v) is 13.1. The summed E-state index contributed by atoms with van der Waals surface area (Å²) in [5, 5.41) is 8.41. The van der Waals surface area contributed by atoms with E-state index in [1.807, 2.05) is 0 Å². The predicted octanol–water partition coefficient (Wildman–Crippen LogP) is 16.4. The first-order chi connectivity index (χ1) is 32.3. The van der Waals surface area contributed by atoms with Crippen LogP contribution in [0.3, 0.4) is 0 Å². The average Bonchev–Trinajstić information content (AvgIpc) is 3.90. The minimum atomic E-state index is 0.970. The lowest BCUT2D eigenvalue weighted by Crippen LogP contribution is -2.10. The molecule has 0 atom stereocenters. The van der Waals surface area contributed by atoms with Crippen molar-refractivity contribution < 1.29 is 0 Å². The molecule has 0 saturated heterocycles. The lowest BCUT2D eigenvalue weighted by molar-refractivity contribution is 1.18. The average molecular weight is 829 g/mol. The molecule has 13 rings (SSSR count). The van der Waals surface area contributed by atoms with Crippen molar-refractivity contribution >= 4 is 82.3 Å². The standard InChI is InChI=1S/C61H40N4/c1-4-16-41(17-5-1)42-28-32-46(33-29-42)63(48-36-38-57-53(40-48)49-22-11-14-26-55(49)64(57)44-18-6-2-7-19-44)47-34-30-43(31-35-47)61-52-37-39-58-60(59(52)50-23-10-13-25-54(50)62-61)51-24-12-15-27-56(51)65(58)45-20-8-3-9-21-45/h1-40H. The number of hydrogen-bond donors (Lipinski definition) is 0. The van der Waals surface area contributed by atoms with E-state index in [4.69, 9.17) is 4.98 Å². The Morgan fingerprint density at radius 1 is 0.292 bits per heavy atom. The summed E-state index contributed by atoms with van der Waals surface area (Å²) in [6.07, 6.45) is 0. The highest BCUT2D eigenvalue weighted by Crippen LogP contribution is 2.44. The fourth-order valence-corrected chi connectivity index (χ4v) is 10.2. The van der Waals surface area contributed by atoms with E-state index in [9.17, 15) is 0 Å². The van der Waals surface area contributed by atoms with Gasteiger partial charge in [-0.25, -0.2) is 4.98 Å². The van der Waals surface area contributed by atoms with Gasteiger partial charge in [-0.3, -0.25) is 0 Å². The molecule has 3 aromatic heterocycles. The minimum Gasteiger partial charge on any atom is -0.310 e.